The van der Waals surface area contributed by atoms with Gasteiger partial charge in [0.05, 0.1) is 5.69 Å². The van der Waals surface area contributed by atoms with E-state index >= 15 is 0 Å². The van der Waals surface area contributed by atoms with Crippen molar-refractivity contribution in [3.05, 3.63) is 36.2 Å². The van der Waals surface area contributed by atoms with Crippen LogP contribution in [0.25, 0.3) is 5.82 Å². The molecule has 2 aromatic heterocycles. The summed E-state index contributed by atoms with van der Waals surface area (Å²) in [5.74, 6) is 1.12. The van der Waals surface area contributed by atoms with Crippen LogP contribution >= 0.6 is 0 Å². The van der Waals surface area contributed by atoms with E-state index in [0.717, 1.165) is 0 Å². The van der Waals surface area contributed by atoms with Gasteiger partial charge in [0.1, 0.15) is 11.4 Å². The van der Waals surface area contributed by atoms with Crippen LogP contribution in [-0.4, -0.2) is 19.9 Å². The second kappa shape index (κ2) is 4.78. The Labute approximate surface area is 106 Å². The highest BCUT2D eigenvalue weighted by Gasteiger charge is 2.29. The molecule has 96 valence electrons. The second-order valence-electron chi connectivity index (χ2n) is 4.29. The number of hydrogen-bond donors (Lipinski definition) is 2. The van der Waals surface area contributed by atoms with E-state index in [4.69, 9.17) is 5.73 Å². The van der Waals surface area contributed by atoms with Gasteiger partial charge in [0.2, 0.25) is 0 Å². The zero-order chi connectivity index (χ0) is 13.2. The average Bonchev–Trinajstić information content (AvgIpc) is 2.81. The highest BCUT2D eigenvalue weighted by atomic mass is 16.3. The SMILES string of the molecule is CCC(O)(CC)c1cc(N)n(-c2ccccn2)n1. The minimum atomic E-state index is -0.922. The van der Waals surface area contributed by atoms with Crippen LogP contribution in [0.1, 0.15) is 32.4 Å². The quantitative estimate of drug-likeness (QED) is 0.863. The maximum atomic E-state index is 10.4. The fraction of sp³-hybridized carbons (Fsp3) is 0.385. The number of pyridine rings is 1. The van der Waals surface area contributed by atoms with Crippen LogP contribution in [0.4, 0.5) is 5.82 Å². The lowest BCUT2D eigenvalue weighted by Crippen LogP contribution is -2.24. The van der Waals surface area contributed by atoms with Crippen LogP contribution in [0.2, 0.25) is 0 Å². The van der Waals surface area contributed by atoms with Crippen molar-refractivity contribution in [3.63, 3.8) is 0 Å². The Hall–Kier alpha value is -1.88. The molecular weight excluding hydrogens is 228 g/mol. The molecular formula is C13H18N4O. The monoisotopic (exact) mass is 246 g/mol. The number of rotatable bonds is 4. The predicted octanol–water partition coefficient (Wildman–Crippen LogP) is 1.86. The van der Waals surface area contributed by atoms with Crippen LogP contribution in [0.15, 0.2) is 30.5 Å². The largest absolute Gasteiger partial charge is 0.384 e. The van der Waals surface area contributed by atoms with Crippen LogP contribution in [-0.2, 0) is 5.60 Å². The van der Waals surface area contributed by atoms with Crippen molar-refractivity contribution in [3.8, 4) is 5.82 Å². The summed E-state index contributed by atoms with van der Waals surface area (Å²) in [7, 11) is 0. The zero-order valence-electron chi connectivity index (χ0n) is 10.7. The molecule has 0 radical (unpaired) electrons. The lowest BCUT2D eigenvalue weighted by molar-refractivity contribution is 0.0236. The number of nitrogens with zero attached hydrogens (tertiary/aromatic N) is 3. The van der Waals surface area contributed by atoms with Crippen molar-refractivity contribution < 1.29 is 5.11 Å². The molecule has 0 atom stereocenters. The Bertz CT molecular complexity index is 517. The molecule has 0 saturated heterocycles. The molecule has 0 amide bonds. The molecule has 5 nitrogen and oxygen atoms in total. The minimum Gasteiger partial charge on any atom is -0.384 e. The first-order valence-corrected chi connectivity index (χ1v) is 6.10. The van der Waals surface area contributed by atoms with Crippen molar-refractivity contribution in [2.45, 2.75) is 32.3 Å². The molecule has 0 aromatic carbocycles. The summed E-state index contributed by atoms with van der Waals surface area (Å²) in [6.45, 7) is 3.86. The minimum absolute atomic E-state index is 0.476. The summed E-state index contributed by atoms with van der Waals surface area (Å²) in [5, 5.41) is 14.8. The standard InChI is InChI=1S/C13H18N4O/c1-3-13(18,4-2)10-9-11(14)17(16-10)12-7-5-6-8-15-12/h5-9,18H,3-4,14H2,1-2H3. The summed E-state index contributed by atoms with van der Waals surface area (Å²) in [6.07, 6.45) is 2.88. The first-order valence-electron chi connectivity index (χ1n) is 6.10. The van der Waals surface area contributed by atoms with Crippen LogP contribution < -0.4 is 5.73 Å². The Morgan fingerprint density at radius 3 is 2.61 bits per heavy atom. The van der Waals surface area contributed by atoms with E-state index in [2.05, 4.69) is 10.1 Å². The number of hydrogen-bond acceptors (Lipinski definition) is 4. The lowest BCUT2D eigenvalue weighted by Gasteiger charge is -2.22. The maximum Gasteiger partial charge on any atom is 0.155 e. The summed E-state index contributed by atoms with van der Waals surface area (Å²) in [6, 6.07) is 7.24. The smallest absolute Gasteiger partial charge is 0.155 e. The number of anilines is 1. The highest BCUT2D eigenvalue weighted by molar-refractivity contribution is 5.40. The number of nitrogens with two attached hydrogens (primary N) is 1. The zero-order valence-corrected chi connectivity index (χ0v) is 10.7. The third kappa shape index (κ3) is 2.09. The van der Waals surface area contributed by atoms with E-state index in [0.29, 0.717) is 30.2 Å². The van der Waals surface area contributed by atoms with Gasteiger partial charge in [0.15, 0.2) is 5.82 Å². The average molecular weight is 246 g/mol. The van der Waals surface area contributed by atoms with E-state index in [1.165, 1.54) is 0 Å². The first-order chi connectivity index (χ1) is 8.60. The van der Waals surface area contributed by atoms with Crippen LogP contribution in [0.3, 0.4) is 0 Å². The molecule has 0 aliphatic rings. The molecule has 0 spiro atoms. The lowest BCUT2D eigenvalue weighted by atomic mass is 9.94. The Morgan fingerprint density at radius 2 is 2.06 bits per heavy atom. The first kappa shape index (κ1) is 12.6. The Kier molecular flexibility index (Phi) is 3.34. The summed E-state index contributed by atoms with van der Waals surface area (Å²) in [4.78, 5) is 4.20. The normalized spacial score (nSPS) is 11.7. The van der Waals surface area contributed by atoms with Crippen molar-refractivity contribution in [1.29, 1.82) is 0 Å². The molecule has 18 heavy (non-hydrogen) atoms. The van der Waals surface area contributed by atoms with Crippen LogP contribution in [0, 0.1) is 0 Å². The molecule has 0 saturated carbocycles. The van der Waals surface area contributed by atoms with Gasteiger partial charge < -0.3 is 10.8 Å². The van der Waals surface area contributed by atoms with Crippen molar-refractivity contribution in [2.24, 2.45) is 0 Å². The topological polar surface area (TPSA) is 77.0 Å². The molecule has 0 fully saturated rings. The van der Waals surface area contributed by atoms with Crippen LogP contribution in [0.5, 0.6) is 0 Å². The molecule has 0 aliphatic heterocycles. The van der Waals surface area contributed by atoms with E-state index < -0.39 is 5.60 Å². The molecule has 2 rings (SSSR count). The van der Waals surface area contributed by atoms with Gasteiger partial charge in [-0.3, -0.25) is 0 Å². The molecule has 5 heteroatoms. The van der Waals surface area contributed by atoms with Crippen molar-refractivity contribution in [1.82, 2.24) is 14.8 Å². The number of aromatic nitrogens is 3. The van der Waals surface area contributed by atoms with Gasteiger partial charge in [0, 0.05) is 12.3 Å². The summed E-state index contributed by atoms with van der Waals surface area (Å²) in [5.41, 5.74) is 5.60. The van der Waals surface area contributed by atoms with Crippen molar-refractivity contribution >= 4 is 5.82 Å². The fourth-order valence-electron chi connectivity index (χ4n) is 1.90. The predicted molar refractivity (Wildman–Crippen MR) is 70.3 cm³/mol. The molecule has 2 heterocycles. The number of nitrogen functional groups attached to an aromatic ring is 1. The van der Waals surface area contributed by atoms with E-state index in [1.807, 2.05) is 32.0 Å². The third-order valence-corrected chi connectivity index (χ3v) is 3.25. The Balaban J connectivity index is 2.45. The molecule has 0 bridgehead atoms. The van der Waals surface area contributed by atoms with Gasteiger partial charge in [-0.05, 0) is 25.0 Å². The van der Waals surface area contributed by atoms with Gasteiger partial charge >= 0.3 is 0 Å². The van der Waals surface area contributed by atoms with E-state index in [-0.39, 0.29) is 0 Å². The molecule has 3 N–H and O–H groups in total. The van der Waals surface area contributed by atoms with Gasteiger partial charge in [0.25, 0.3) is 0 Å². The summed E-state index contributed by atoms with van der Waals surface area (Å²) >= 11 is 0. The van der Waals surface area contributed by atoms with Gasteiger partial charge in [-0.1, -0.05) is 19.9 Å². The van der Waals surface area contributed by atoms with E-state index in [1.54, 1.807) is 16.9 Å². The Morgan fingerprint density at radius 1 is 1.33 bits per heavy atom. The third-order valence-electron chi connectivity index (χ3n) is 3.25. The number of aliphatic hydroxyl groups is 1. The molecule has 0 aliphatic carbocycles. The maximum absolute atomic E-state index is 10.4. The van der Waals surface area contributed by atoms with Gasteiger partial charge in [-0.15, -0.1) is 0 Å². The van der Waals surface area contributed by atoms with Crippen molar-refractivity contribution in [2.75, 3.05) is 5.73 Å². The van der Waals surface area contributed by atoms with Gasteiger partial charge in [-0.2, -0.15) is 9.78 Å². The summed E-state index contributed by atoms with van der Waals surface area (Å²) < 4.78 is 1.55. The van der Waals surface area contributed by atoms with Gasteiger partial charge in [-0.25, -0.2) is 4.98 Å². The highest BCUT2D eigenvalue weighted by Crippen LogP contribution is 2.29. The molecule has 0 unspecified atom stereocenters. The fourth-order valence-corrected chi connectivity index (χ4v) is 1.90. The second-order valence-corrected chi connectivity index (χ2v) is 4.29. The van der Waals surface area contributed by atoms with E-state index in [9.17, 15) is 5.11 Å². The molecule has 2 aromatic rings.